The molecule has 0 saturated carbocycles. The second kappa shape index (κ2) is 8.27. The molecule has 1 heterocycles. The van der Waals surface area contributed by atoms with Gasteiger partial charge in [0.05, 0.1) is 18.5 Å². The summed E-state index contributed by atoms with van der Waals surface area (Å²) in [5, 5.41) is 12.0. The lowest BCUT2D eigenvalue weighted by Gasteiger charge is -2.16. The largest absolute Gasteiger partial charge is 0.481 e. The summed E-state index contributed by atoms with van der Waals surface area (Å²) in [6, 6.07) is 19.3. The highest BCUT2D eigenvalue weighted by Gasteiger charge is 2.16. The van der Waals surface area contributed by atoms with E-state index in [1.54, 1.807) is 19.2 Å². The third kappa shape index (κ3) is 4.26. The van der Waals surface area contributed by atoms with Crippen LogP contribution in [0.1, 0.15) is 12.5 Å². The molecule has 5 nitrogen and oxygen atoms in total. The van der Waals surface area contributed by atoms with Gasteiger partial charge in [-0.25, -0.2) is 0 Å². The fourth-order valence-corrected chi connectivity index (χ4v) is 2.52. The number of anilines is 1. The molecule has 0 saturated heterocycles. The molecule has 3 rings (SSSR count). The minimum atomic E-state index is -0.690. The first-order valence-corrected chi connectivity index (χ1v) is 8.34. The maximum atomic E-state index is 12.3. The van der Waals surface area contributed by atoms with Crippen LogP contribution >= 0.6 is 0 Å². The fourth-order valence-electron chi connectivity index (χ4n) is 2.52. The number of ether oxygens (including phenoxy) is 1. The molecule has 1 amide bonds. The molecule has 5 heteroatoms. The lowest BCUT2D eigenvalue weighted by Crippen LogP contribution is -2.30. The van der Waals surface area contributed by atoms with Crippen LogP contribution in [0.25, 0.3) is 11.1 Å². The van der Waals surface area contributed by atoms with E-state index in [2.05, 4.69) is 10.3 Å². The van der Waals surface area contributed by atoms with Crippen LogP contribution in [0.4, 0.5) is 5.69 Å². The number of aliphatic hydroxyl groups excluding tert-OH is 1. The van der Waals surface area contributed by atoms with Crippen molar-refractivity contribution in [1.29, 1.82) is 0 Å². The summed E-state index contributed by atoms with van der Waals surface area (Å²) in [5.74, 6) is 0.306. The van der Waals surface area contributed by atoms with E-state index in [4.69, 9.17) is 4.74 Å². The molecule has 1 atom stereocenters. The Bertz CT molecular complexity index is 864. The molecule has 0 radical (unpaired) electrons. The van der Waals surface area contributed by atoms with Gasteiger partial charge in [-0.15, -0.1) is 0 Å². The van der Waals surface area contributed by atoms with Crippen molar-refractivity contribution in [2.75, 3.05) is 5.32 Å². The molecule has 0 spiro atoms. The number of nitrogens with one attached hydrogen (secondary N) is 1. The molecule has 3 aromatic rings. The number of benzene rings is 2. The van der Waals surface area contributed by atoms with Crippen LogP contribution in [-0.4, -0.2) is 22.1 Å². The lowest BCUT2D eigenvalue weighted by molar-refractivity contribution is -0.122. The van der Waals surface area contributed by atoms with Crippen LogP contribution < -0.4 is 10.1 Å². The Morgan fingerprint density at radius 2 is 1.77 bits per heavy atom. The Balaban J connectivity index is 1.64. The highest BCUT2D eigenvalue weighted by molar-refractivity contribution is 5.94. The summed E-state index contributed by atoms with van der Waals surface area (Å²) in [5.41, 5.74) is 3.29. The van der Waals surface area contributed by atoms with Crippen molar-refractivity contribution in [3.8, 4) is 16.9 Å². The number of pyridine rings is 1. The van der Waals surface area contributed by atoms with Crippen LogP contribution in [-0.2, 0) is 11.4 Å². The minimum Gasteiger partial charge on any atom is -0.481 e. The van der Waals surface area contributed by atoms with Crippen molar-refractivity contribution in [2.45, 2.75) is 19.6 Å². The van der Waals surface area contributed by atoms with Gasteiger partial charge in [0.1, 0.15) is 5.75 Å². The van der Waals surface area contributed by atoms with Crippen LogP contribution in [0.5, 0.6) is 5.75 Å². The topological polar surface area (TPSA) is 71.5 Å². The summed E-state index contributed by atoms with van der Waals surface area (Å²) in [4.78, 5) is 16.3. The maximum Gasteiger partial charge on any atom is 0.265 e. The molecule has 26 heavy (non-hydrogen) atoms. The predicted octanol–water partition coefficient (Wildman–Crippen LogP) is 3.65. The van der Waals surface area contributed by atoms with Gasteiger partial charge in [0, 0.05) is 11.8 Å². The van der Waals surface area contributed by atoms with Crippen LogP contribution in [0, 0.1) is 0 Å². The van der Waals surface area contributed by atoms with Crippen molar-refractivity contribution in [3.05, 3.63) is 78.6 Å². The van der Waals surface area contributed by atoms with Crippen LogP contribution in [0.2, 0.25) is 0 Å². The first-order chi connectivity index (χ1) is 12.7. The monoisotopic (exact) mass is 348 g/mol. The van der Waals surface area contributed by atoms with Crippen molar-refractivity contribution in [2.24, 2.45) is 0 Å². The zero-order valence-electron chi connectivity index (χ0n) is 14.4. The van der Waals surface area contributed by atoms with Crippen LogP contribution in [0.3, 0.4) is 0 Å². The molecule has 2 N–H and O–H groups in total. The van der Waals surface area contributed by atoms with Crippen molar-refractivity contribution < 1.29 is 14.6 Å². The number of aliphatic hydroxyl groups is 1. The second-order valence-electron chi connectivity index (χ2n) is 5.83. The molecule has 1 unspecified atom stereocenters. The van der Waals surface area contributed by atoms with Gasteiger partial charge in [0.2, 0.25) is 0 Å². The Morgan fingerprint density at radius 3 is 2.46 bits per heavy atom. The lowest BCUT2D eigenvalue weighted by atomic mass is 10.1. The Kier molecular flexibility index (Phi) is 5.61. The quantitative estimate of drug-likeness (QED) is 0.713. The first-order valence-electron chi connectivity index (χ1n) is 8.34. The van der Waals surface area contributed by atoms with E-state index in [1.807, 2.05) is 54.6 Å². The standard InChI is InChI=1S/C21H20N2O3/c1-15(21(25)23-20-13-22-12-11-18(20)14-24)26-19-9-7-17(8-10-19)16-5-3-2-4-6-16/h2-13,15,24H,14H2,1H3,(H,23,25). The molecule has 0 aliphatic rings. The third-order valence-corrected chi connectivity index (χ3v) is 3.98. The molecular weight excluding hydrogens is 328 g/mol. The Labute approximate surface area is 152 Å². The van der Waals surface area contributed by atoms with Gasteiger partial charge < -0.3 is 15.2 Å². The molecule has 1 aromatic heterocycles. The number of aromatic nitrogens is 1. The smallest absolute Gasteiger partial charge is 0.265 e. The van der Waals surface area contributed by atoms with E-state index >= 15 is 0 Å². The first kappa shape index (κ1) is 17.6. The minimum absolute atomic E-state index is 0.172. The van der Waals surface area contributed by atoms with Gasteiger partial charge in [-0.2, -0.15) is 0 Å². The number of hydrogen-bond donors (Lipinski definition) is 2. The number of amides is 1. The van der Waals surface area contributed by atoms with E-state index < -0.39 is 6.10 Å². The third-order valence-electron chi connectivity index (χ3n) is 3.98. The Hall–Kier alpha value is -3.18. The summed E-state index contributed by atoms with van der Waals surface area (Å²) in [6.07, 6.45) is 2.38. The molecule has 0 aliphatic heterocycles. The van der Waals surface area contributed by atoms with E-state index in [0.29, 0.717) is 17.0 Å². The van der Waals surface area contributed by atoms with E-state index in [0.717, 1.165) is 11.1 Å². The van der Waals surface area contributed by atoms with Gasteiger partial charge in [0.25, 0.3) is 5.91 Å². The van der Waals surface area contributed by atoms with Crippen molar-refractivity contribution >= 4 is 11.6 Å². The highest BCUT2D eigenvalue weighted by atomic mass is 16.5. The second-order valence-corrected chi connectivity index (χ2v) is 5.83. The molecule has 0 fully saturated rings. The average molecular weight is 348 g/mol. The number of hydrogen-bond acceptors (Lipinski definition) is 4. The molecular formula is C21H20N2O3. The van der Waals surface area contributed by atoms with Crippen LogP contribution in [0.15, 0.2) is 73.1 Å². The van der Waals surface area contributed by atoms with Crippen molar-refractivity contribution in [1.82, 2.24) is 4.98 Å². The number of rotatable bonds is 6. The maximum absolute atomic E-state index is 12.3. The summed E-state index contributed by atoms with van der Waals surface area (Å²) in [6.45, 7) is 1.50. The number of carbonyl (C=O) groups excluding carboxylic acids is 1. The number of carbonyl (C=O) groups is 1. The van der Waals surface area contributed by atoms with E-state index in [9.17, 15) is 9.90 Å². The summed E-state index contributed by atoms with van der Waals surface area (Å²) >= 11 is 0. The Morgan fingerprint density at radius 1 is 1.08 bits per heavy atom. The van der Waals surface area contributed by atoms with E-state index in [1.165, 1.54) is 6.20 Å². The van der Waals surface area contributed by atoms with Gasteiger partial charge >= 0.3 is 0 Å². The fraction of sp³-hybridized carbons (Fsp3) is 0.143. The van der Waals surface area contributed by atoms with Gasteiger partial charge in [-0.3, -0.25) is 9.78 Å². The molecule has 2 aromatic carbocycles. The van der Waals surface area contributed by atoms with Gasteiger partial charge in [-0.05, 0) is 36.2 Å². The summed E-state index contributed by atoms with van der Waals surface area (Å²) < 4.78 is 5.72. The average Bonchev–Trinajstić information content (AvgIpc) is 2.69. The number of nitrogens with zero attached hydrogens (tertiary/aromatic N) is 1. The van der Waals surface area contributed by atoms with Gasteiger partial charge in [0.15, 0.2) is 6.10 Å². The van der Waals surface area contributed by atoms with E-state index in [-0.39, 0.29) is 12.5 Å². The normalized spacial score (nSPS) is 11.6. The SMILES string of the molecule is CC(Oc1ccc(-c2ccccc2)cc1)C(=O)Nc1cnccc1CO. The molecule has 0 aliphatic carbocycles. The summed E-state index contributed by atoms with van der Waals surface area (Å²) in [7, 11) is 0. The highest BCUT2D eigenvalue weighted by Crippen LogP contribution is 2.23. The van der Waals surface area contributed by atoms with Gasteiger partial charge in [-0.1, -0.05) is 42.5 Å². The zero-order valence-corrected chi connectivity index (χ0v) is 14.4. The molecule has 132 valence electrons. The van der Waals surface area contributed by atoms with Crippen molar-refractivity contribution in [3.63, 3.8) is 0 Å². The zero-order chi connectivity index (χ0) is 18.4. The molecule has 0 bridgehead atoms. The predicted molar refractivity (Wildman–Crippen MR) is 101 cm³/mol.